The maximum Gasteiger partial charge on any atom is 0.200 e. The van der Waals surface area contributed by atoms with Crippen LogP contribution in [0.2, 0.25) is 0 Å². The number of carbonyl (C=O) groups excluding carboxylic acids is 1. The molecule has 0 aliphatic heterocycles. The summed E-state index contributed by atoms with van der Waals surface area (Å²) < 4.78 is 34.2. The fraction of sp³-hybridized carbons (Fsp3) is 0.375. The number of carbonyl (C=O) groups is 1. The van der Waals surface area contributed by atoms with Gasteiger partial charge in [0.15, 0.2) is 5.82 Å². The number of allylic oxidation sites excluding steroid dienone is 1. The first kappa shape index (κ1) is 25.5. The highest BCUT2D eigenvalue weighted by molar-refractivity contribution is 8.00. The first-order valence-electron chi connectivity index (χ1n) is 10.7. The lowest BCUT2D eigenvalue weighted by Gasteiger charge is -2.12. The van der Waals surface area contributed by atoms with Gasteiger partial charge < -0.3 is 15.1 Å². The van der Waals surface area contributed by atoms with E-state index in [1.165, 1.54) is 24.2 Å². The van der Waals surface area contributed by atoms with Crippen LogP contribution in [0.15, 0.2) is 36.8 Å². The van der Waals surface area contributed by atoms with Gasteiger partial charge in [-0.2, -0.15) is 0 Å². The van der Waals surface area contributed by atoms with E-state index in [-0.39, 0.29) is 11.3 Å². The smallest absolute Gasteiger partial charge is 0.200 e. The number of H-pyrrole nitrogens is 1. The number of anilines is 1. The van der Waals surface area contributed by atoms with E-state index in [0.29, 0.717) is 5.56 Å². The third-order valence-electron chi connectivity index (χ3n) is 4.76. The van der Waals surface area contributed by atoms with Crippen LogP contribution in [0.25, 0.3) is 5.57 Å². The van der Waals surface area contributed by atoms with Gasteiger partial charge >= 0.3 is 0 Å². The Morgan fingerprint density at radius 1 is 1.25 bits per heavy atom. The summed E-state index contributed by atoms with van der Waals surface area (Å²) in [7, 11) is 1.79. The fourth-order valence-corrected chi connectivity index (χ4v) is 3.61. The van der Waals surface area contributed by atoms with E-state index in [2.05, 4.69) is 22.1 Å². The Balaban J connectivity index is 2.53. The number of hydrogen-bond acceptors (Lipinski definition) is 4. The summed E-state index contributed by atoms with van der Waals surface area (Å²) >= 11 is 1.31. The lowest BCUT2D eigenvalue weighted by molar-refractivity contribution is 0.103. The van der Waals surface area contributed by atoms with Crippen LogP contribution in [0.3, 0.4) is 0 Å². The SMILES string of the molecule is CCCN/C=C(\C)c1cc(C)c(C(=O)c2c(F)ccc(NSCCC)c2F)c[nH]n(C)c1. The van der Waals surface area contributed by atoms with Crippen LogP contribution < -0.4 is 10.0 Å². The van der Waals surface area contributed by atoms with Crippen LogP contribution in [0.5, 0.6) is 0 Å². The molecule has 2 rings (SSSR count). The highest BCUT2D eigenvalue weighted by Gasteiger charge is 2.23. The number of halogens is 2. The Kier molecular flexibility index (Phi) is 9.84. The molecule has 174 valence electrons. The van der Waals surface area contributed by atoms with Gasteiger partial charge in [0.25, 0.3) is 0 Å². The largest absolute Gasteiger partial charge is 0.391 e. The van der Waals surface area contributed by atoms with Gasteiger partial charge in [-0.15, -0.1) is 0 Å². The molecule has 0 atom stereocenters. The molecule has 0 saturated heterocycles. The molecule has 0 bridgehead atoms. The lowest BCUT2D eigenvalue weighted by Crippen LogP contribution is -2.12. The molecule has 0 fully saturated rings. The Bertz CT molecular complexity index is 1030. The number of nitrogens with zero attached hydrogens (tertiary/aromatic N) is 1. The zero-order valence-corrected chi connectivity index (χ0v) is 20.1. The Morgan fingerprint density at radius 2 is 2.00 bits per heavy atom. The third kappa shape index (κ3) is 6.63. The Morgan fingerprint density at radius 3 is 2.69 bits per heavy atom. The second kappa shape index (κ2) is 12.3. The van der Waals surface area contributed by atoms with E-state index < -0.39 is 23.0 Å². The van der Waals surface area contributed by atoms with E-state index in [1.807, 2.05) is 32.3 Å². The van der Waals surface area contributed by atoms with E-state index >= 15 is 4.39 Å². The van der Waals surface area contributed by atoms with Crippen molar-refractivity contribution in [1.82, 2.24) is 15.1 Å². The standard InChI is InChI=1S/C24H32F2N4OS/c1-6-10-27-13-17(4)18-12-16(3)19(14-28-30(5)15-18)24(31)22-20(25)8-9-21(23(22)26)29-32-11-7-2/h8-9,12-15,27-29H,6-7,10-11H2,1-5H3/b16-12?,17-13+,18-15?,19-14?. The van der Waals surface area contributed by atoms with Crippen LogP contribution in [-0.2, 0) is 7.05 Å². The average molecular weight is 463 g/mol. The number of aromatic amines is 1. The van der Waals surface area contributed by atoms with Crippen molar-refractivity contribution in [2.75, 3.05) is 17.0 Å². The van der Waals surface area contributed by atoms with Gasteiger partial charge in [-0.1, -0.05) is 25.8 Å². The minimum atomic E-state index is -0.890. The molecule has 0 aliphatic rings. The zero-order chi connectivity index (χ0) is 23.7. The molecule has 0 radical (unpaired) electrons. The van der Waals surface area contributed by atoms with Crippen LogP contribution in [-0.4, -0.2) is 27.9 Å². The third-order valence-corrected chi connectivity index (χ3v) is 5.74. The number of ketones is 1. The fourth-order valence-electron chi connectivity index (χ4n) is 2.99. The summed E-state index contributed by atoms with van der Waals surface area (Å²) in [6.07, 6.45) is 7.18. The van der Waals surface area contributed by atoms with Crippen molar-refractivity contribution in [2.45, 2.75) is 40.5 Å². The zero-order valence-electron chi connectivity index (χ0n) is 19.3. The van der Waals surface area contributed by atoms with Crippen molar-refractivity contribution in [3.8, 4) is 0 Å². The molecule has 3 N–H and O–H groups in total. The monoisotopic (exact) mass is 462 g/mol. The molecule has 32 heavy (non-hydrogen) atoms. The van der Waals surface area contributed by atoms with Crippen LogP contribution in [0.1, 0.15) is 60.7 Å². The molecule has 0 aliphatic carbocycles. The van der Waals surface area contributed by atoms with Crippen molar-refractivity contribution in [2.24, 2.45) is 7.05 Å². The lowest BCUT2D eigenvalue weighted by atomic mass is 9.98. The molecule has 5 nitrogen and oxygen atoms in total. The molecule has 0 spiro atoms. The van der Waals surface area contributed by atoms with Crippen LogP contribution >= 0.6 is 11.9 Å². The summed E-state index contributed by atoms with van der Waals surface area (Å²) in [5.41, 5.74) is 2.14. The second-order valence-corrected chi connectivity index (χ2v) is 8.46. The van der Waals surface area contributed by atoms with Crippen molar-refractivity contribution < 1.29 is 13.6 Å². The molecule has 1 heterocycles. The predicted octanol–water partition coefficient (Wildman–Crippen LogP) is 6.13. The van der Waals surface area contributed by atoms with E-state index in [1.54, 1.807) is 18.7 Å². The number of aromatic nitrogens is 2. The van der Waals surface area contributed by atoms with Crippen LogP contribution in [0.4, 0.5) is 14.5 Å². The summed E-state index contributed by atoms with van der Waals surface area (Å²) in [6, 6.07) is 4.27. The van der Waals surface area contributed by atoms with Gasteiger partial charge in [-0.25, -0.2) is 8.78 Å². The van der Waals surface area contributed by atoms with Crippen molar-refractivity contribution in [3.05, 3.63) is 70.7 Å². The van der Waals surface area contributed by atoms with Gasteiger partial charge in [-0.3, -0.25) is 9.48 Å². The maximum absolute atomic E-state index is 15.1. The molecule has 8 heteroatoms. The molecule has 1 aromatic carbocycles. The van der Waals surface area contributed by atoms with Crippen molar-refractivity contribution in [1.29, 1.82) is 0 Å². The maximum atomic E-state index is 15.1. The van der Waals surface area contributed by atoms with Crippen LogP contribution in [0, 0.1) is 18.6 Å². The number of benzene rings is 1. The van der Waals surface area contributed by atoms with Gasteiger partial charge in [0.05, 0.1) is 11.3 Å². The van der Waals surface area contributed by atoms with E-state index in [9.17, 15) is 9.18 Å². The molecule has 1 aromatic heterocycles. The topological polar surface area (TPSA) is 61.9 Å². The van der Waals surface area contributed by atoms with Crippen molar-refractivity contribution >= 4 is 29.0 Å². The first-order valence-corrected chi connectivity index (χ1v) is 11.7. The number of rotatable bonds is 10. The summed E-state index contributed by atoms with van der Waals surface area (Å²) in [4.78, 5) is 13.3. The van der Waals surface area contributed by atoms with E-state index in [4.69, 9.17) is 0 Å². The number of hydrogen-bond donors (Lipinski definition) is 3. The first-order chi connectivity index (χ1) is 15.3. The van der Waals surface area contributed by atoms with Gasteiger partial charge in [0.2, 0.25) is 5.78 Å². The van der Waals surface area contributed by atoms with Gasteiger partial charge in [0.1, 0.15) is 5.82 Å². The van der Waals surface area contributed by atoms with Crippen molar-refractivity contribution in [3.63, 3.8) is 0 Å². The summed E-state index contributed by atoms with van der Waals surface area (Å²) in [5, 5.41) is 6.22. The molecule has 0 amide bonds. The number of nitrogens with one attached hydrogen (secondary N) is 3. The Labute approximate surface area is 193 Å². The minimum absolute atomic E-state index is 0.0905. The van der Waals surface area contributed by atoms with Gasteiger partial charge in [0, 0.05) is 43.5 Å². The van der Waals surface area contributed by atoms with Gasteiger partial charge in [-0.05, 0) is 61.6 Å². The summed E-state index contributed by atoms with van der Waals surface area (Å²) in [6.45, 7) is 8.66. The second-order valence-electron chi connectivity index (χ2n) is 7.55. The predicted molar refractivity (Wildman–Crippen MR) is 130 cm³/mol. The van der Waals surface area contributed by atoms with E-state index in [0.717, 1.165) is 42.3 Å². The quantitative estimate of drug-likeness (QED) is 0.226. The molecular weight excluding hydrogens is 430 g/mol. The Hall–Kier alpha value is -2.74. The normalized spacial score (nSPS) is 11.3. The number of aryl methyl sites for hydroxylation is 2. The highest BCUT2D eigenvalue weighted by Crippen LogP contribution is 2.26. The highest BCUT2D eigenvalue weighted by atomic mass is 32.2. The molecule has 0 saturated carbocycles. The molecule has 2 aromatic rings. The average Bonchev–Trinajstić information content (AvgIpc) is 2.74. The minimum Gasteiger partial charge on any atom is -0.391 e. The summed E-state index contributed by atoms with van der Waals surface area (Å²) in [5.74, 6) is -1.74. The molecule has 0 unspecified atom stereocenters. The molecular formula is C24H32F2N4OS.